The van der Waals surface area contributed by atoms with Crippen LogP contribution in [0.2, 0.25) is 0 Å². The molecule has 0 bridgehead atoms. The molecule has 0 unspecified atom stereocenters. The summed E-state index contributed by atoms with van der Waals surface area (Å²) in [6.07, 6.45) is 1.12. The van der Waals surface area contributed by atoms with Gasteiger partial charge in [0.15, 0.2) is 0 Å². The average Bonchev–Trinajstić information content (AvgIpc) is 1.84. The zero-order valence-corrected chi connectivity index (χ0v) is 9.02. The summed E-state index contributed by atoms with van der Waals surface area (Å²) < 4.78 is 0. The maximum absolute atomic E-state index is 5.79. The molecule has 0 aliphatic rings. The molecule has 0 amide bonds. The predicted molar refractivity (Wildman–Crippen MR) is 55.4 cm³/mol. The van der Waals surface area contributed by atoms with Crippen LogP contribution >= 0.6 is 0 Å². The van der Waals surface area contributed by atoms with E-state index in [1.807, 2.05) is 0 Å². The van der Waals surface area contributed by atoms with E-state index in [0.29, 0.717) is 5.92 Å². The highest BCUT2D eigenvalue weighted by Gasteiger charge is 2.14. The zero-order valence-electron chi connectivity index (χ0n) is 9.02. The average molecular weight is 170 g/mol. The van der Waals surface area contributed by atoms with Crippen LogP contribution in [0.15, 0.2) is 4.99 Å². The highest BCUT2D eigenvalue weighted by atomic mass is 14.9. The molecule has 0 aromatic rings. The molecule has 0 fully saturated rings. The molecular weight excluding hydrogens is 148 g/mol. The van der Waals surface area contributed by atoms with Gasteiger partial charge in [0.1, 0.15) is 0 Å². The number of hydrogen-bond acceptors (Lipinski definition) is 1. The lowest BCUT2D eigenvalue weighted by Gasteiger charge is -2.17. The number of nitrogens with zero attached hydrogens (tertiary/aromatic N) is 1. The van der Waals surface area contributed by atoms with Crippen LogP contribution in [-0.4, -0.2) is 12.4 Å². The van der Waals surface area contributed by atoms with E-state index in [1.165, 1.54) is 0 Å². The van der Waals surface area contributed by atoms with Gasteiger partial charge in [-0.05, 0) is 12.3 Å². The number of amidine groups is 1. The Morgan fingerprint density at radius 2 is 1.83 bits per heavy atom. The van der Waals surface area contributed by atoms with E-state index in [0.717, 1.165) is 18.8 Å². The molecule has 2 heteroatoms. The van der Waals surface area contributed by atoms with Crippen LogP contribution in [0.3, 0.4) is 0 Å². The van der Waals surface area contributed by atoms with E-state index in [4.69, 9.17) is 5.73 Å². The predicted octanol–water partition coefficient (Wildman–Crippen LogP) is 2.44. The van der Waals surface area contributed by atoms with Gasteiger partial charge in [-0.25, -0.2) is 0 Å². The van der Waals surface area contributed by atoms with Crippen LogP contribution in [0, 0.1) is 11.3 Å². The first-order valence-corrected chi connectivity index (χ1v) is 4.64. The first kappa shape index (κ1) is 11.5. The lowest BCUT2D eigenvalue weighted by Crippen LogP contribution is -2.29. The Morgan fingerprint density at radius 3 is 2.17 bits per heavy atom. The molecule has 0 aromatic carbocycles. The van der Waals surface area contributed by atoms with Gasteiger partial charge in [-0.2, -0.15) is 0 Å². The Bertz CT molecular complexity index is 152. The fourth-order valence-corrected chi connectivity index (χ4v) is 0.680. The molecule has 2 nitrogen and oxygen atoms in total. The van der Waals surface area contributed by atoms with E-state index < -0.39 is 0 Å². The number of rotatable bonds is 3. The SMILES string of the molecule is CC(C)CCN=C(N)C(C)(C)C. The maximum atomic E-state index is 5.79. The van der Waals surface area contributed by atoms with Crippen molar-refractivity contribution in [1.82, 2.24) is 0 Å². The summed E-state index contributed by atoms with van der Waals surface area (Å²) in [5, 5.41) is 0. The van der Waals surface area contributed by atoms with Gasteiger partial charge in [0.2, 0.25) is 0 Å². The van der Waals surface area contributed by atoms with Gasteiger partial charge in [-0.1, -0.05) is 34.6 Å². The molecule has 0 spiro atoms. The van der Waals surface area contributed by atoms with Crippen molar-refractivity contribution in [3.8, 4) is 0 Å². The highest BCUT2D eigenvalue weighted by Crippen LogP contribution is 2.12. The molecule has 0 saturated heterocycles. The van der Waals surface area contributed by atoms with Crippen molar-refractivity contribution in [3.05, 3.63) is 0 Å². The van der Waals surface area contributed by atoms with Gasteiger partial charge in [-0.3, -0.25) is 4.99 Å². The summed E-state index contributed by atoms with van der Waals surface area (Å²) in [5.41, 5.74) is 5.81. The first-order chi connectivity index (χ1) is 5.34. The normalized spacial score (nSPS) is 14.0. The van der Waals surface area contributed by atoms with Crippen LogP contribution in [0.1, 0.15) is 41.0 Å². The van der Waals surface area contributed by atoms with Gasteiger partial charge >= 0.3 is 0 Å². The van der Waals surface area contributed by atoms with Crippen molar-refractivity contribution >= 4 is 5.84 Å². The third-order valence-electron chi connectivity index (χ3n) is 1.76. The number of hydrogen-bond donors (Lipinski definition) is 1. The fraction of sp³-hybridized carbons (Fsp3) is 0.900. The fourth-order valence-electron chi connectivity index (χ4n) is 0.680. The largest absolute Gasteiger partial charge is 0.387 e. The minimum absolute atomic E-state index is 0.0248. The zero-order chi connectivity index (χ0) is 9.78. The summed E-state index contributed by atoms with van der Waals surface area (Å²) in [6, 6.07) is 0. The topological polar surface area (TPSA) is 38.4 Å². The Balaban J connectivity index is 3.86. The Labute approximate surface area is 76.3 Å². The van der Waals surface area contributed by atoms with E-state index in [2.05, 4.69) is 39.6 Å². The monoisotopic (exact) mass is 170 g/mol. The van der Waals surface area contributed by atoms with Crippen molar-refractivity contribution in [2.24, 2.45) is 22.1 Å². The number of nitrogens with two attached hydrogens (primary N) is 1. The van der Waals surface area contributed by atoms with Crippen molar-refractivity contribution < 1.29 is 0 Å². The maximum Gasteiger partial charge on any atom is 0.0991 e. The molecule has 0 radical (unpaired) electrons. The van der Waals surface area contributed by atoms with Crippen molar-refractivity contribution in [2.45, 2.75) is 41.0 Å². The first-order valence-electron chi connectivity index (χ1n) is 4.64. The molecule has 0 aliphatic carbocycles. The van der Waals surface area contributed by atoms with Crippen LogP contribution in [0.25, 0.3) is 0 Å². The summed E-state index contributed by atoms with van der Waals surface area (Å²) in [5.74, 6) is 1.48. The van der Waals surface area contributed by atoms with E-state index in [-0.39, 0.29) is 5.41 Å². The second-order valence-corrected chi connectivity index (χ2v) is 4.70. The molecule has 0 saturated carbocycles. The Kier molecular flexibility index (Phi) is 4.29. The lowest BCUT2D eigenvalue weighted by atomic mass is 9.95. The molecule has 0 heterocycles. The summed E-state index contributed by atoms with van der Waals surface area (Å²) >= 11 is 0. The highest BCUT2D eigenvalue weighted by molar-refractivity contribution is 5.85. The van der Waals surface area contributed by atoms with E-state index >= 15 is 0 Å². The van der Waals surface area contributed by atoms with Crippen LogP contribution in [-0.2, 0) is 0 Å². The summed E-state index contributed by atoms with van der Waals surface area (Å²) in [4.78, 5) is 4.33. The Hall–Kier alpha value is -0.530. The molecular formula is C10H22N2. The van der Waals surface area contributed by atoms with E-state index in [1.54, 1.807) is 0 Å². The smallest absolute Gasteiger partial charge is 0.0991 e. The second-order valence-electron chi connectivity index (χ2n) is 4.70. The minimum atomic E-state index is 0.0248. The van der Waals surface area contributed by atoms with Gasteiger partial charge in [0.05, 0.1) is 5.84 Å². The second kappa shape index (κ2) is 4.48. The number of aliphatic imine (C=N–C) groups is 1. The van der Waals surface area contributed by atoms with Gasteiger partial charge in [-0.15, -0.1) is 0 Å². The van der Waals surface area contributed by atoms with E-state index in [9.17, 15) is 0 Å². The van der Waals surface area contributed by atoms with Crippen molar-refractivity contribution in [1.29, 1.82) is 0 Å². The van der Waals surface area contributed by atoms with Crippen LogP contribution in [0.4, 0.5) is 0 Å². The molecule has 12 heavy (non-hydrogen) atoms. The molecule has 0 atom stereocenters. The van der Waals surface area contributed by atoms with Gasteiger partial charge in [0, 0.05) is 12.0 Å². The molecule has 2 N–H and O–H groups in total. The summed E-state index contributed by atoms with van der Waals surface area (Å²) in [7, 11) is 0. The molecule has 0 aliphatic heterocycles. The van der Waals surface area contributed by atoms with Gasteiger partial charge in [0.25, 0.3) is 0 Å². The van der Waals surface area contributed by atoms with Crippen LogP contribution < -0.4 is 5.73 Å². The molecule has 0 aromatic heterocycles. The third-order valence-corrected chi connectivity index (χ3v) is 1.76. The third kappa shape index (κ3) is 5.16. The van der Waals surface area contributed by atoms with Crippen molar-refractivity contribution in [2.75, 3.05) is 6.54 Å². The van der Waals surface area contributed by atoms with Crippen LogP contribution in [0.5, 0.6) is 0 Å². The standard InChI is InChI=1S/C10H22N2/c1-8(2)6-7-12-9(11)10(3,4)5/h8H,6-7H2,1-5H3,(H2,11,12). The lowest BCUT2D eigenvalue weighted by molar-refractivity contribution is 0.566. The summed E-state index contributed by atoms with van der Waals surface area (Å²) in [6.45, 7) is 11.5. The molecule has 0 rings (SSSR count). The molecule has 72 valence electrons. The van der Waals surface area contributed by atoms with Crippen molar-refractivity contribution in [3.63, 3.8) is 0 Å². The van der Waals surface area contributed by atoms with Gasteiger partial charge < -0.3 is 5.73 Å². The Morgan fingerprint density at radius 1 is 1.33 bits per heavy atom. The quantitative estimate of drug-likeness (QED) is 0.512. The minimum Gasteiger partial charge on any atom is -0.387 e.